The average molecular weight is 242 g/mol. The van der Waals surface area contributed by atoms with Gasteiger partial charge in [-0.1, -0.05) is 20.8 Å². The molecule has 4 nitrogen and oxygen atoms in total. The molecule has 0 amide bonds. The largest absolute Gasteiger partial charge is 0.477 e. The molecule has 0 aliphatic rings. The molecule has 2 N–H and O–H groups in total. The Labute approximate surface area is 97.5 Å². The summed E-state index contributed by atoms with van der Waals surface area (Å²) in [7, 11) is 0. The number of rotatable bonds is 3. The highest BCUT2D eigenvalue weighted by Crippen LogP contribution is 2.29. The lowest BCUT2D eigenvalue weighted by atomic mass is 9.88. The maximum Gasteiger partial charge on any atom is 0.346 e. The molecule has 0 spiro atoms. The van der Waals surface area contributed by atoms with E-state index in [4.69, 9.17) is 10.2 Å². The minimum Gasteiger partial charge on any atom is -0.477 e. The summed E-state index contributed by atoms with van der Waals surface area (Å²) in [6, 6.07) is 1.46. The van der Waals surface area contributed by atoms with E-state index >= 15 is 0 Å². The third-order valence-electron chi connectivity index (χ3n) is 1.93. The Hall–Kier alpha value is -1.36. The van der Waals surface area contributed by atoms with Crippen LogP contribution < -0.4 is 0 Å². The summed E-state index contributed by atoms with van der Waals surface area (Å²) in [5.41, 5.74) is 0.531. The van der Waals surface area contributed by atoms with Crippen molar-refractivity contribution in [3.8, 4) is 0 Å². The van der Waals surface area contributed by atoms with E-state index in [0.29, 0.717) is 12.0 Å². The average Bonchev–Trinajstić information content (AvgIpc) is 2.44. The van der Waals surface area contributed by atoms with Crippen LogP contribution in [-0.2, 0) is 6.42 Å². The molecule has 0 saturated heterocycles. The van der Waals surface area contributed by atoms with Crippen molar-refractivity contribution < 1.29 is 19.8 Å². The number of carboxylic acid groups (broad SMARTS) is 2. The molecule has 1 rings (SSSR count). The van der Waals surface area contributed by atoms with Gasteiger partial charge in [-0.05, 0) is 23.5 Å². The quantitative estimate of drug-likeness (QED) is 0.854. The molecule has 0 saturated carbocycles. The Morgan fingerprint density at radius 3 is 2.19 bits per heavy atom. The van der Waals surface area contributed by atoms with Crippen LogP contribution in [0.15, 0.2) is 6.07 Å². The summed E-state index contributed by atoms with van der Waals surface area (Å²) in [5, 5.41) is 17.8. The van der Waals surface area contributed by atoms with Crippen LogP contribution in [0.25, 0.3) is 0 Å². The van der Waals surface area contributed by atoms with E-state index < -0.39 is 11.9 Å². The summed E-state index contributed by atoms with van der Waals surface area (Å²) in [6.07, 6.45) is 0.554. The van der Waals surface area contributed by atoms with Crippen molar-refractivity contribution in [3.05, 3.63) is 21.4 Å². The van der Waals surface area contributed by atoms with E-state index in [1.165, 1.54) is 6.07 Å². The van der Waals surface area contributed by atoms with Crippen LogP contribution in [0, 0.1) is 5.41 Å². The molecule has 0 radical (unpaired) electrons. The Bertz CT molecular complexity index is 426. The van der Waals surface area contributed by atoms with Crippen molar-refractivity contribution in [3.63, 3.8) is 0 Å². The van der Waals surface area contributed by atoms with Gasteiger partial charge in [-0.25, -0.2) is 9.59 Å². The molecule has 0 aromatic carbocycles. The zero-order valence-electron chi connectivity index (χ0n) is 9.40. The monoisotopic (exact) mass is 242 g/mol. The molecule has 1 aromatic heterocycles. The van der Waals surface area contributed by atoms with Crippen molar-refractivity contribution in [2.24, 2.45) is 5.41 Å². The van der Waals surface area contributed by atoms with Gasteiger partial charge in [0, 0.05) is 0 Å². The summed E-state index contributed by atoms with van der Waals surface area (Å²) in [4.78, 5) is 21.9. The number of carboxylic acids is 2. The maximum atomic E-state index is 11.0. The van der Waals surface area contributed by atoms with Gasteiger partial charge >= 0.3 is 11.9 Å². The van der Waals surface area contributed by atoms with Crippen LogP contribution in [0.3, 0.4) is 0 Å². The van der Waals surface area contributed by atoms with Crippen molar-refractivity contribution in [2.75, 3.05) is 0 Å². The second-order valence-electron chi connectivity index (χ2n) is 4.81. The first kappa shape index (κ1) is 12.7. The minimum absolute atomic E-state index is 0.0684. The number of aromatic carboxylic acids is 2. The zero-order valence-corrected chi connectivity index (χ0v) is 10.2. The SMILES string of the molecule is CC(C)(C)Cc1cc(C(=O)O)sc1C(=O)O. The van der Waals surface area contributed by atoms with Crippen LogP contribution in [0.1, 0.15) is 45.7 Å². The third kappa shape index (κ3) is 3.06. The summed E-state index contributed by atoms with van der Waals surface area (Å²) >= 11 is 0.817. The molecule has 16 heavy (non-hydrogen) atoms. The molecule has 0 unspecified atom stereocenters. The summed E-state index contributed by atoms with van der Waals surface area (Å²) in [6.45, 7) is 5.95. The van der Waals surface area contributed by atoms with Gasteiger partial charge in [0.25, 0.3) is 0 Å². The highest BCUT2D eigenvalue weighted by molar-refractivity contribution is 7.16. The molecular formula is C11H14O4S. The molecule has 0 atom stereocenters. The lowest BCUT2D eigenvalue weighted by Gasteiger charge is -2.17. The number of carbonyl (C=O) groups is 2. The van der Waals surface area contributed by atoms with Crippen LogP contribution in [0.2, 0.25) is 0 Å². The molecule has 0 aliphatic carbocycles. The predicted molar refractivity (Wildman–Crippen MR) is 61.4 cm³/mol. The Balaban J connectivity index is 3.15. The van der Waals surface area contributed by atoms with Gasteiger partial charge in [0.1, 0.15) is 9.75 Å². The van der Waals surface area contributed by atoms with Gasteiger partial charge < -0.3 is 10.2 Å². The lowest BCUT2D eigenvalue weighted by molar-refractivity contribution is 0.0692. The maximum absolute atomic E-state index is 11.0. The van der Waals surface area contributed by atoms with Gasteiger partial charge in [0.05, 0.1) is 0 Å². The van der Waals surface area contributed by atoms with Crippen molar-refractivity contribution in [1.29, 1.82) is 0 Å². The van der Waals surface area contributed by atoms with Crippen molar-refractivity contribution in [1.82, 2.24) is 0 Å². The molecule has 5 heteroatoms. The fourth-order valence-electron chi connectivity index (χ4n) is 1.42. The van der Waals surface area contributed by atoms with Gasteiger partial charge in [-0.3, -0.25) is 0 Å². The topological polar surface area (TPSA) is 74.6 Å². The Kier molecular flexibility index (Phi) is 3.38. The molecule has 0 bridgehead atoms. The minimum atomic E-state index is -1.08. The van der Waals surface area contributed by atoms with Crippen LogP contribution in [0.5, 0.6) is 0 Å². The van der Waals surface area contributed by atoms with E-state index in [-0.39, 0.29) is 15.2 Å². The standard InChI is InChI=1S/C11H14O4S/c1-11(2,3)5-6-4-7(9(12)13)16-8(6)10(14)15/h4H,5H2,1-3H3,(H,12,13)(H,14,15). The molecule has 1 aromatic rings. The first-order chi connectivity index (χ1) is 7.20. The Morgan fingerprint density at radius 2 is 1.81 bits per heavy atom. The van der Waals surface area contributed by atoms with Crippen molar-refractivity contribution >= 4 is 23.3 Å². The summed E-state index contributed by atoms with van der Waals surface area (Å²) in [5.74, 6) is -2.13. The third-order valence-corrected chi connectivity index (χ3v) is 3.09. The molecular weight excluding hydrogens is 228 g/mol. The first-order valence-electron chi connectivity index (χ1n) is 4.80. The van der Waals surface area contributed by atoms with Crippen LogP contribution >= 0.6 is 11.3 Å². The van der Waals surface area contributed by atoms with Gasteiger partial charge in [-0.15, -0.1) is 11.3 Å². The van der Waals surface area contributed by atoms with Crippen LogP contribution in [0.4, 0.5) is 0 Å². The van der Waals surface area contributed by atoms with Crippen molar-refractivity contribution in [2.45, 2.75) is 27.2 Å². The number of thiophene rings is 1. The fourth-order valence-corrected chi connectivity index (χ4v) is 2.28. The van der Waals surface area contributed by atoms with E-state index in [2.05, 4.69) is 0 Å². The lowest BCUT2D eigenvalue weighted by Crippen LogP contribution is -2.11. The summed E-state index contributed by atoms with van der Waals surface area (Å²) < 4.78 is 0. The van der Waals surface area contributed by atoms with Crippen LogP contribution in [-0.4, -0.2) is 22.2 Å². The predicted octanol–water partition coefficient (Wildman–Crippen LogP) is 2.73. The highest BCUT2D eigenvalue weighted by atomic mass is 32.1. The highest BCUT2D eigenvalue weighted by Gasteiger charge is 2.22. The zero-order chi connectivity index (χ0) is 12.5. The van der Waals surface area contributed by atoms with Gasteiger partial charge in [-0.2, -0.15) is 0 Å². The molecule has 88 valence electrons. The van der Waals surface area contributed by atoms with Gasteiger partial charge in [0.2, 0.25) is 0 Å². The number of hydrogen-bond donors (Lipinski definition) is 2. The van der Waals surface area contributed by atoms with Gasteiger partial charge in [0.15, 0.2) is 0 Å². The Morgan fingerprint density at radius 1 is 1.25 bits per heavy atom. The molecule has 1 heterocycles. The molecule has 0 fully saturated rings. The van der Waals surface area contributed by atoms with E-state index in [9.17, 15) is 9.59 Å². The first-order valence-corrected chi connectivity index (χ1v) is 5.61. The fraction of sp³-hybridized carbons (Fsp3) is 0.455. The second-order valence-corrected chi connectivity index (χ2v) is 5.86. The normalized spacial score (nSPS) is 11.4. The molecule has 0 aliphatic heterocycles. The smallest absolute Gasteiger partial charge is 0.346 e. The second kappa shape index (κ2) is 4.25. The number of hydrogen-bond acceptors (Lipinski definition) is 3. The van der Waals surface area contributed by atoms with E-state index in [1.807, 2.05) is 20.8 Å². The van der Waals surface area contributed by atoms with E-state index in [0.717, 1.165) is 11.3 Å². The van der Waals surface area contributed by atoms with E-state index in [1.54, 1.807) is 0 Å².